The van der Waals surface area contributed by atoms with Gasteiger partial charge in [0.05, 0.1) is 5.75 Å². The van der Waals surface area contributed by atoms with Gasteiger partial charge in [-0.1, -0.05) is 36.4 Å². The number of rotatable bonds is 7. The highest BCUT2D eigenvalue weighted by Crippen LogP contribution is 2.20. The van der Waals surface area contributed by atoms with Crippen molar-refractivity contribution >= 4 is 35.1 Å². The van der Waals surface area contributed by atoms with Gasteiger partial charge in [0.15, 0.2) is 0 Å². The van der Waals surface area contributed by atoms with E-state index in [1.54, 1.807) is 36.4 Å². The van der Waals surface area contributed by atoms with Gasteiger partial charge in [-0.3, -0.25) is 4.79 Å². The van der Waals surface area contributed by atoms with Gasteiger partial charge in [-0.05, 0) is 54.4 Å². The number of aryl methyl sites for hydroxylation is 1. The molecule has 0 atom stereocenters. The molecule has 3 aromatic carbocycles. The normalized spacial score (nSPS) is 10.3. The van der Waals surface area contributed by atoms with E-state index in [1.807, 2.05) is 37.3 Å². The van der Waals surface area contributed by atoms with E-state index in [0.717, 1.165) is 22.9 Å². The van der Waals surface area contributed by atoms with Crippen LogP contribution in [0.3, 0.4) is 0 Å². The molecule has 0 unspecified atom stereocenters. The average Bonchev–Trinajstić information content (AvgIpc) is 2.72. The van der Waals surface area contributed by atoms with Crippen LogP contribution >= 0.6 is 11.8 Å². The van der Waals surface area contributed by atoms with Gasteiger partial charge in [0.2, 0.25) is 5.91 Å². The third-order valence-corrected chi connectivity index (χ3v) is 5.19. The zero-order valence-electron chi connectivity index (χ0n) is 16.4. The van der Waals surface area contributed by atoms with Gasteiger partial charge in [0.1, 0.15) is 5.82 Å². The van der Waals surface area contributed by atoms with Crippen LogP contribution < -0.4 is 16.0 Å². The van der Waals surface area contributed by atoms with E-state index in [9.17, 15) is 14.0 Å². The largest absolute Gasteiger partial charge is 0.351 e. The number of anilines is 2. The molecule has 3 rings (SSSR count). The summed E-state index contributed by atoms with van der Waals surface area (Å²) in [6.45, 7) is 2.27. The number of halogens is 1. The molecule has 0 aliphatic rings. The molecule has 0 spiro atoms. The predicted octanol–water partition coefficient (Wildman–Crippen LogP) is 5.19. The molecule has 0 aromatic heterocycles. The first kappa shape index (κ1) is 21.4. The van der Waals surface area contributed by atoms with Crippen LogP contribution in [0.5, 0.6) is 0 Å². The summed E-state index contributed by atoms with van der Waals surface area (Å²) in [5.41, 5.74) is 3.22. The second kappa shape index (κ2) is 10.5. The second-order valence-electron chi connectivity index (χ2n) is 6.64. The standard InChI is InChI=1S/C23H22FN3O2S/c1-16-6-4-8-18(12-16)26-23(29)27-19-9-5-7-17(13-19)14-25-22(28)15-30-21-11-3-2-10-20(21)24/h2-13H,14-15H2,1H3,(H,25,28)(H2,26,27,29). The van der Waals surface area contributed by atoms with Gasteiger partial charge in [0.25, 0.3) is 0 Å². The lowest BCUT2D eigenvalue weighted by molar-refractivity contribution is -0.118. The van der Waals surface area contributed by atoms with Gasteiger partial charge in [-0.15, -0.1) is 11.8 Å². The average molecular weight is 424 g/mol. The van der Waals surface area contributed by atoms with E-state index >= 15 is 0 Å². The molecule has 7 heteroatoms. The maximum absolute atomic E-state index is 13.6. The summed E-state index contributed by atoms with van der Waals surface area (Å²) >= 11 is 1.15. The smallest absolute Gasteiger partial charge is 0.323 e. The van der Waals surface area contributed by atoms with E-state index < -0.39 is 0 Å². The summed E-state index contributed by atoms with van der Waals surface area (Å²) in [5.74, 6) is -0.408. The van der Waals surface area contributed by atoms with Crippen molar-refractivity contribution in [1.29, 1.82) is 0 Å². The molecule has 0 aliphatic carbocycles. The fourth-order valence-electron chi connectivity index (χ4n) is 2.73. The molecule has 0 radical (unpaired) electrons. The van der Waals surface area contributed by atoms with Gasteiger partial charge < -0.3 is 16.0 Å². The SMILES string of the molecule is Cc1cccc(NC(=O)Nc2cccc(CNC(=O)CSc3ccccc3F)c2)c1. The Morgan fingerprint density at radius 3 is 2.33 bits per heavy atom. The minimum atomic E-state index is -0.344. The third kappa shape index (κ3) is 6.63. The van der Waals surface area contributed by atoms with E-state index in [2.05, 4.69) is 16.0 Å². The summed E-state index contributed by atoms with van der Waals surface area (Å²) in [6, 6.07) is 20.8. The molecule has 0 heterocycles. The molecular weight excluding hydrogens is 401 g/mol. The van der Waals surface area contributed by atoms with Crippen molar-refractivity contribution in [3.63, 3.8) is 0 Å². The molecule has 0 saturated carbocycles. The Labute approximate surface area is 179 Å². The highest BCUT2D eigenvalue weighted by Gasteiger charge is 2.07. The van der Waals surface area contributed by atoms with Gasteiger partial charge in [-0.2, -0.15) is 0 Å². The molecule has 0 saturated heterocycles. The molecule has 0 fully saturated rings. The summed E-state index contributed by atoms with van der Waals surface area (Å²) in [4.78, 5) is 24.7. The minimum Gasteiger partial charge on any atom is -0.351 e. The molecule has 5 nitrogen and oxygen atoms in total. The maximum atomic E-state index is 13.6. The lowest BCUT2D eigenvalue weighted by atomic mass is 10.2. The Balaban J connectivity index is 1.48. The third-order valence-electron chi connectivity index (χ3n) is 4.15. The number of thioether (sulfide) groups is 1. The molecule has 3 N–H and O–H groups in total. The van der Waals surface area contributed by atoms with E-state index in [0.29, 0.717) is 22.8 Å². The van der Waals surface area contributed by atoms with Crippen LogP contribution in [0.2, 0.25) is 0 Å². The Morgan fingerprint density at radius 1 is 0.900 bits per heavy atom. The number of carbonyl (C=O) groups is 2. The van der Waals surface area contributed by atoms with Crippen LogP contribution in [0, 0.1) is 12.7 Å². The first-order valence-electron chi connectivity index (χ1n) is 9.37. The zero-order valence-corrected chi connectivity index (χ0v) is 17.3. The maximum Gasteiger partial charge on any atom is 0.323 e. The minimum absolute atomic E-state index is 0.123. The first-order chi connectivity index (χ1) is 14.5. The highest BCUT2D eigenvalue weighted by molar-refractivity contribution is 8.00. The first-order valence-corrected chi connectivity index (χ1v) is 10.4. The van der Waals surface area contributed by atoms with Crippen molar-refractivity contribution in [3.05, 3.63) is 89.7 Å². The Morgan fingerprint density at radius 2 is 1.60 bits per heavy atom. The molecular formula is C23H22FN3O2S. The number of hydrogen-bond donors (Lipinski definition) is 3. The topological polar surface area (TPSA) is 70.2 Å². The Hall–Kier alpha value is -3.32. The van der Waals surface area contributed by atoms with Crippen molar-refractivity contribution in [2.75, 3.05) is 16.4 Å². The molecule has 0 bridgehead atoms. The number of urea groups is 1. The van der Waals surface area contributed by atoms with Crippen LogP contribution in [-0.4, -0.2) is 17.7 Å². The van der Waals surface area contributed by atoms with Crippen LogP contribution in [0.4, 0.5) is 20.6 Å². The van der Waals surface area contributed by atoms with Gasteiger partial charge >= 0.3 is 6.03 Å². The number of benzene rings is 3. The van der Waals surface area contributed by atoms with Crippen LogP contribution in [0.1, 0.15) is 11.1 Å². The Kier molecular flexibility index (Phi) is 7.45. The lowest BCUT2D eigenvalue weighted by Gasteiger charge is -2.10. The van der Waals surface area contributed by atoms with Crippen molar-refractivity contribution in [1.82, 2.24) is 5.32 Å². The van der Waals surface area contributed by atoms with E-state index in [-0.39, 0.29) is 23.5 Å². The van der Waals surface area contributed by atoms with Gasteiger partial charge in [0, 0.05) is 22.8 Å². The molecule has 3 aromatic rings. The monoisotopic (exact) mass is 423 g/mol. The van der Waals surface area contributed by atoms with Crippen molar-refractivity contribution in [2.45, 2.75) is 18.4 Å². The Bertz CT molecular complexity index is 1040. The fraction of sp³-hybridized carbons (Fsp3) is 0.130. The van der Waals surface area contributed by atoms with Crippen molar-refractivity contribution in [3.8, 4) is 0 Å². The summed E-state index contributed by atoms with van der Waals surface area (Å²) in [5, 5.41) is 8.37. The molecule has 3 amide bonds. The highest BCUT2D eigenvalue weighted by atomic mass is 32.2. The predicted molar refractivity (Wildman–Crippen MR) is 119 cm³/mol. The van der Waals surface area contributed by atoms with Crippen molar-refractivity contribution in [2.24, 2.45) is 0 Å². The molecule has 154 valence electrons. The van der Waals surface area contributed by atoms with E-state index in [1.165, 1.54) is 6.07 Å². The van der Waals surface area contributed by atoms with Crippen molar-refractivity contribution < 1.29 is 14.0 Å². The number of nitrogens with one attached hydrogen (secondary N) is 3. The lowest BCUT2D eigenvalue weighted by Crippen LogP contribution is -2.24. The molecule has 0 aliphatic heterocycles. The summed E-state index contributed by atoms with van der Waals surface area (Å²) < 4.78 is 13.6. The van der Waals surface area contributed by atoms with Crippen LogP contribution in [-0.2, 0) is 11.3 Å². The zero-order chi connectivity index (χ0) is 21.3. The van der Waals surface area contributed by atoms with Gasteiger partial charge in [-0.25, -0.2) is 9.18 Å². The van der Waals surface area contributed by atoms with E-state index in [4.69, 9.17) is 0 Å². The summed E-state index contributed by atoms with van der Waals surface area (Å²) in [6.07, 6.45) is 0. The number of amides is 3. The second-order valence-corrected chi connectivity index (χ2v) is 7.66. The summed E-state index contributed by atoms with van der Waals surface area (Å²) in [7, 11) is 0. The fourth-order valence-corrected chi connectivity index (χ4v) is 3.50. The number of carbonyl (C=O) groups excluding carboxylic acids is 2. The quantitative estimate of drug-likeness (QED) is 0.458. The number of hydrogen-bond acceptors (Lipinski definition) is 3. The molecule has 30 heavy (non-hydrogen) atoms. The van der Waals surface area contributed by atoms with Crippen LogP contribution in [0.25, 0.3) is 0 Å². The van der Waals surface area contributed by atoms with Crippen LogP contribution in [0.15, 0.2) is 77.7 Å².